The standard InChI is InChI=1S/C13H15FN4O2S/c1-2-20-8-7-11-17-18-13(21-11)16-12(19)15-10-5-3-9(14)4-6-10/h3-6H,2,7-8H2,1H3,(H2,15,16,18,19). The summed E-state index contributed by atoms with van der Waals surface area (Å²) < 4.78 is 18.0. The van der Waals surface area contributed by atoms with E-state index in [9.17, 15) is 9.18 Å². The maximum atomic E-state index is 12.7. The Kier molecular flexibility index (Phi) is 5.59. The van der Waals surface area contributed by atoms with Crippen molar-refractivity contribution in [3.05, 3.63) is 35.1 Å². The Labute approximate surface area is 125 Å². The molecule has 0 aliphatic rings. The normalized spacial score (nSPS) is 10.4. The Bertz CT molecular complexity index is 588. The molecule has 0 atom stereocenters. The van der Waals surface area contributed by atoms with E-state index in [1.807, 2.05) is 6.92 Å². The van der Waals surface area contributed by atoms with Gasteiger partial charge in [-0.15, -0.1) is 10.2 Å². The Morgan fingerprint density at radius 3 is 2.76 bits per heavy atom. The van der Waals surface area contributed by atoms with Crippen molar-refractivity contribution in [1.82, 2.24) is 10.2 Å². The second-order valence-corrected chi connectivity index (χ2v) is 5.10. The first-order valence-corrected chi connectivity index (χ1v) is 7.22. The lowest BCUT2D eigenvalue weighted by atomic mass is 10.3. The molecule has 0 radical (unpaired) electrons. The third-order valence-electron chi connectivity index (χ3n) is 2.45. The highest BCUT2D eigenvalue weighted by molar-refractivity contribution is 7.15. The maximum absolute atomic E-state index is 12.7. The summed E-state index contributed by atoms with van der Waals surface area (Å²) in [4.78, 5) is 11.7. The van der Waals surface area contributed by atoms with Crippen molar-refractivity contribution in [3.8, 4) is 0 Å². The molecule has 0 aliphatic heterocycles. The summed E-state index contributed by atoms with van der Waals surface area (Å²) in [6.45, 7) is 3.16. The molecule has 0 spiro atoms. The average molecular weight is 310 g/mol. The van der Waals surface area contributed by atoms with E-state index in [2.05, 4.69) is 20.8 Å². The number of urea groups is 1. The van der Waals surface area contributed by atoms with Crippen LogP contribution in [0.15, 0.2) is 24.3 Å². The number of hydrogen-bond donors (Lipinski definition) is 2. The number of nitrogens with one attached hydrogen (secondary N) is 2. The van der Waals surface area contributed by atoms with Crippen molar-refractivity contribution in [2.24, 2.45) is 0 Å². The van der Waals surface area contributed by atoms with E-state index in [1.54, 1.807) is 0 Å². The molecular formula is C13H15FN4O2S. The number of benzene rings is 1. The molecule has 1 aromatic carbocycles. The van der Waals surface area contributed by atoms with Crippen molar-refractivity contribution < 1.29 is 13.9 Å². The molecule has 6 nitrogen and oxygen atoms in total. The SMILES string of the molecule is CCOCCc1nnc(NC(=O)Nc2ccc(F)cc2)s1. The third kappa shape index (κ3) is 5.09. The van der Waals surface area contributed by atoms with Gasteiger partial charge in [-0.2, -0.15) is 0 Å². The van der Waals surface area contributed by atoms with Crippen LogP contribution in [0.2, 0.25) is 0 Å². The van der Waals surface area contributed by atoms with Crippen LogP contribution in [0.3, 0.4) is 0 Å². The van der Waals surface area contributed by atoms with Crippen LogP contribution in [0.1, 0.15) is 11.9 Å². The molecule has 0 aliphatic carbocycles. The summed E-state index contributed by atoms with van der Waals surface area (Å²) in [7, 11) is 0. The first-order valence-electron chi connectivity index (χ1n) is 6.41. The minimum atomic E-state index is -0.450. The lowest BCUT2D eigenvalue weighted by Gasteiger charge is -2.04. The van der Waals surface area contributed by atoms with Gasteiger partial charge in [-0.25, -0.2) is 9.18 Å². The highest BCUT2D eigenvalue weighted by atomic mass is 32.1. The number of carbonyl (C=O) groups excluding carboxylic acids is 1. The van der Waals surface area contributed by atoms with Gasteiger partial charge in [0.15, 0.2) is 0 Å². The average Bonchev–Trinajstić information content (AvgIpc) is 2.89. The van der Waals surface area contributed by atoms with Crippen LogP contribution in [0, 0.1) is 5.82 Å². The summed E-state index contributed by atoms with van der Waals surface area (Å²) >= 11 is 1.29. The molecule has 0 saturated heterocycles. The van der Waals surface area contributed by atoms with Crippen LogP contribution < -0.4 is 10.6 Å². The Morgan fingerprint density at radius 2 is 2.05 bits per heavy atom. The van der Waals surface area contributed by atoms with E-state index in [1.165, 1.54) is 35.6 Å². The van der Waals surface area contributed by atoms with E-state index < -0.39 is 6.03 Å². The topological polar surface area (TPSA) is 76.1 Å². The first-order chi connectivity index (χ1) is 10.2. The number of halogens is 1. The molecule has 0 bridgehead atoms. The number of rotatable bonds is 6. The highest BCUT2D eigenvalue weighted by Crippen LogP contribution is 2.16. The highest BCUT2D eigenvalue weighted by Gasteiger charge is 2.08. The van der Waals surface area contributed by atoms with Gasteiger partial charge in [0.2, 0.25) is 5.13 Å². The quantitative estimate of drug-likeness (QED) is 0.804. The number of anilines is 2. The van der Waals surface area contributed by atoms with Crippen LogP contribution >= 0.6 is 11.3 Å². The Morgan fingerprint density at radius 1 is 1.29 bits per heavy atom. The fraction of sp³-hybridized carbons (Fsp3) is 0.308. The van der Waals surface area contributed by atoms with Gasteiger partial charge < -0.3 is 10.1 Å². The molecule has 0 fully saturated rings. The summed E-state index contributed by atoms with van der Waals surface area (Å²) in [5.41, 5.74) is 0.495. The molecule has 2 amide bonds. The molecular weight excluding hydrogens is 295 g/mol. The third-order valence-corrected chi connectivity index (χ3v) is 3.35. The predicted octanol–water partition coefficient (Wildman–Crippen LogP) is 2.90. The van der Waals surface area contributed by atoms with Crippen molar-refractivity contribution in [2.75, 3.05) is 23.8 Å². The molecule has 1 heterocycles. The van der Waals surface area contributed by atoms with E-state index >= 15 is 0 Å². The van der Waals surface area contributed by atoms with Crippen LogP contribution in [-0.4, -0.2) is 29.4 Å². The molecule has 8 heteroatoms. The summed E-state index contributed by atoms with van der Waals surface area (Å²) in [6, 6.07) is 5.04. The zero-order valence-electron chi connectivity index (χ0n) is 11.4. The molecule has 0 unspecified atom stereocenters. The largest absolute Gasteiger partial charge is 0.381 e. The van der Waals surface area contributed by atoms with Gasteiger partial charge in [-0.3, -0.25) is 5.32 Å². The summed E-state index contributed by atoms with van der Waals surface area (Å²) in [6.07, 6.45) is 0.659. The zero-order valence-corrected chi connectivity index (χ0v) is 12.2. The molecule has 112 valence electrons. The number of nitrogens with zero attached hydrogens (tertiary/aromatic N) is 2. The number of carbonyl (C=O) groups is 1. The number of amides is 2. The van der Waals surface area contributed by atoms with E-state index in [-0.39, 0.29) is 5.82 Å². The summed E-state index contributed by atoms with van der Waals surface area (Å²) in [5.74, 6) is -0.357. The van der Waals surface area contributed by atoms with Crippen molar-refractivity contribution in [1.29, 1.82) is 0 Å². The van der Waals surface area contributed by atoms with Crippen molar-refractivity contribution >= 4 is 28.2 Å². The number of hydrogen-bond acceptors (Lipinski definition) is 5. The number of ether oxygens (including phenoxy) is 1. The van der Waals surface area contributed by atoms with E-state index in [4.69, 9.17) is 4.74 Å². The molecule has 1 aromatic heterocycles. The molecule has 2 aromatic rings. The second-order valence-electron chi connectivity index (χ2n) is 4.03. The van der Waals surface area contributed by atoms with E-state index in [0.717, 1.165) is 5.01 Å². The van der Waals surface area contributed by atoms with Gasteiger partial charge in [-0.05, 0) is 31.2 Å². The zero-order chi connectivity index (χ0) is 15.1. The monoisotopic (exact) mass is 310 g/mol. The van der Waals surface area contributed by atoms with Crippen molar-refractivity contribution in [3.63, 3.8) is 0 Å². The van der Waals surface area contributed by atoms with Gasteiger partial charge >= 0.3 is 6.03 Å². The molecule has 21 heavy (non-hydrogen) atoms. The van der Waals surface area contributed by atoms with Gasteiger partial charge in [0, 0.05) is 18.7 Å². The van der Waals surface area contributed by atoms with Crippen LogP contribution in [0.5, 0.6) is 0 Å². The van der Waals surface area contributed by atoms with Gasteiger partial charge in [0.25, 0.3) is 0 Å². The Balaban J connectivity index is 1.83. The second kappa shape index (κ2) is 7.65. The minimum Gasteiger partial charge on any atom is -0.381 e. The smallest absolute Gasteiger partial charge is 0.325 e. The lowest BCUT2D eigenvalue weighted by molar-refractivity contribution is 0.150. The number of aromatic nitrogens is 2. The maximum Gasteiger partial charge on any atom is 0.325 e. The Hall–Kier alpha value is -2.06. The first kappa shape index (κ1) is 15.3. The summed E-state index contributed by atoms with van der Waals surface area (Å²) in [5, 5.41) is 14.2. The van der Waals surface area contributed by atoms with Gasteiger partial charge in [0.05, 0.1) is 6.61 Å². The van der Waals surface area contributed by atoms with Crippen LogP contribution in [0.25, 0.3) is 0 Å². The van der Waals surface area contributed by atoms with Gasteiger partial charge in [-0.1, -0.05) is 11.3 Å². The lowest BCUT2D eigenvalue weighted by Crippen LogP contribution is -2.19. The van der Waals surface area contributed by atoms with E-state index in [0.29, 0.717) is 30.5 Å². The van der Waals surface area contributed by atoms with Crippen LogP contribution in [-0.2, 0) is 11.2 Å². The molecule has 0 saturated carbocycles. The molecule has 2 N–H and O–H groups in total. The predicted molar refractivity (Wildman–Crippen MR) is 79.1 cm³/mol. The minimum absolute atomic E-state index is 0.357. The fourth-order valence-electron chi connectivity index (χ4n) is 1.50. The van der Waals surface area contributed by atoms with Crippen molar-refractivity contribution in [2.45, 2.75) is 13.3 Å². The molecule has 2 rings (SSSR count). The van der Waals surface area contributed by atoms with Crippen LogP contribution in [0.4, 0.5) is 20.0 Å². The van der Waals surface area contributed by atoms with Gasteiger partial charge in [0.1, 0.15) is 10.8 Å². The fourth-order valence-corrected chi connectivity index (χ4v) is 2.22.